The molecular weight excluding hydrogens is 330 g/mol. The highest BCUT2D eigenvalue weighted by atomic mass is 16.5. The van der Waals surface area contributed by atoms with E-state index < -0.39 is 0 Å². The van der Waals surface area contributed by atoms with Gasteiger partial charge in [0.05, 0.1) is 18.9 Å². The Morgan fingerprint density at radius 1 is 1.19 bits per heavy atom. The van der Waals surface area contributed by atoms with Crippen molar-refractivity contribution < 1.29 is 9.53 Å². The molecule has 0 aliphatic carbocycles. The molecule has 0 spiro atoms. The number of aromatic nitrogens is 2. The Hall–Kier alpha value is -2.63. The van der Waals surface area contributed by atoms with Crippen LogP contribution in [0.15, 0.2) is 35.1 Å². The topological polar surface area (TPSA) is 64.4 Å². The Morgan fingerprint density at radius 2 is 1.85 bits per heavy atom. The molecule has 0 N–H and O–H groups in total. The van der Waals surface area contributed by atoms with Gasteiger partial charge in [-0.1, -0.05) is 18.2 Å². The summed E-state index contributed by atoms with van der Waals surface area (Å²) < 4.78 is 6.59. The molecule has 1 aliphatic rings. The molecule has 1 amide bonds. The Morgan fingerprint density at radius 3 is 2.46 bits per heavy atom. The second kappa shape index (κ2) is 7.32. The average molecular weight is 355 g/mol. The number of hydrogen-bond donors (Lipinski definition) is 0. The van der Waals surface area contributed by atoms with Gasteiger partial charge in [0.2, 0.25) is 0 Å². The van der Waals surface area contributed by atoms with Gasteiger partial charge in [0.25, 0.3) is 11.5 Å². The third kappa shape index (κ3) is 3.23. The van der Waals surface area contributed by atoms with Gasteiger partial charge in [-0.15, -0.1) is 0 Å². The zero-order valence-corrected chi connectivity index (χ0v) is 15.7. The molecule has 2 heterocycles. The Labute approximate surface area is 153 Å². The maximum Gasteiger partial charge on any atom is 0.278 e. The minimum atomic E-state index is -0.326. The van der Waals surface area contributed by atoms with Crippen molar-refractivity contribution >= 4 is 5.91 Å². The lowest BCUT2D eigenvalue weighted by atomic mass is 9.97. The number of ether oxygens (including phenoxy) is 1. The van der Waals surface area contributed by atoms with Crippen LogP contribution in [-0.4, -0.2) is 39.8 Å². The van der Waals surface area contributed by atoms with E-state index in [0.717, 1.165) is 24.8 Å². The first-order valence-electron chi connectivity index (χ1n) is 9.01. The molecule has 1 aromatic heterocycles. The van der Waals surface area contributed by atoms with E-state index in [1.165, 1.54) is 17.9 Å². The molecule has 2 unspecified atom stereocenters. The number of carbonyl (C=O) groups excluding carboxylic acids is 1. The summed E-state index contributed by atoms with van der Waals surface area (Å²) in [5, 5.41) is 4.41. The lowest BCUT2D eigenvalue weighted by Gasteiger charge is -2.38. The number of likely N-dealkylation sites (tertiary alicyclic amines) is 1. The van der Waals surface area contributed by atoms with Gasteiger partial charge in [-0.05, 0) is 51.7 Å². The lowest BCUT2D eigenvalue weighted by Crippen LogP contribution is -2.48. The van der Waals surface area contributed by atoms with Crippen molar-refractivity contribution in [3.8, 4) is 11.4 Å². The van der Waals surface area contributed by atoms with Crippen LogP contribution >= 0.6 is 0 Å². The van der Waals surface area contributed by atoms with Crippen LogP contribution in [0.4, 0.5) is 0 Å². The SMILES string of the molecule is COc1cc(=O)n(-c2ccccc2C)nc1C(=O)N1C(C)CCCC1C. The highest BCUT2D eigenvalue weighted by Gasteiger charge is 2.32. The van der Waals surface area contributed by atoms with Gasteiger partial charge in [-0.3, -0.25) is 9.59 Å². The van der Waals surface area contributed by atoms with E-state index in [1.807, 2.05) is 36.1 Å². The number of amides is 1. The van der Waals surface area contributed by atoms with Crippen molar-refractivity contribution in [1.29, 1.82) is 0 Å². The van der Waals surface area contributed by atoms with Crippen LogP contribution in [0.25, 0.3) is 5.69 Å². The number of methoxy groups -OCH3 is 1. The molecule has 2 atom stereocenters. The fourth-order valence-electron chi connectivity index (χ4n) is 3.66. The number of aryl methyl sites for hydroxylation is 1. The maximum atomic E-state index is 13.2. The van der Waals surface area contributed by atoms with E-state index >= 15 is 0 Å². The second-order valence-corrected chi connectivity index (χ2v) is 6.94. The minimum Gasteiger partial charge on any atom is -0.494 e. The van der Waals surface area contributed by atoms with E-state index in [-0.39, 0.29) is 35.0 Å². The molecule has 0 bridgehead atoms. The molecule has 6 heteroatoms. The van der Waals surface area contributed by atoms with Crippen molar-refractivity contribution in [2.45, 2.75) is 52.1 Å². The predicted molar refractivity (Wildman–Crippen MR) is 100 cm³/mol. The molecule has 2 aromatic rings. The third-order valence-corrected chi connectivity index (χ3v) is 5.09. The van der Waals surface area contributed by atoms with E-state index in [2.05, 4.69) is 18.9 Å². The molecule has 1 aliphatic heterocycles. The number of para-hydroxylation sites is 1. The van der Waals surface area contributed by atoms with Crippen molar-refractivity contribution in [3.05, 3.63) is 51.9 Å². The summed E-state index contributed by atoms with van der Waals surface area (Å²) in [7, 11) is 1.45. The highest BCUT2D eigenvalue weighted by Crippen LogP contribution is 2.26. The lowest BCUT2D eigenvalue weighted by molar-refractivity contribution is 0.0498. The summed E-state index contributed by atoms with van der Waals surface area (Å²) in [5.41, 5.74) is 1.42. The number of benzene rings is 1. The zero-order chi connectivity index (χ0) is 18.8. The Kier molecular flexibility index (Phi) is 5.11. The van der Waals surface area contributed by atoms with Gasteiger partial charge in [0.1, 0.15) is 0 Å². The van der Waals surface area contributed by atoms with Crippen molar-refractivity contribution in [2.24, 2.45) is 0 Å². The van der Waals surface area contributed by atoms with E-state index in [1.54, 1.807) is 0 Å². The van der Waals surface area contributed by atoms with Gasteiger partial charge in [0, 0.05) is 12.1 Å². The first-order valence-corrected chi connectivity index (χ1v) is 9.01. The van der Waals surface area contributed by atoms with Crippen molar-refractivity contribution in [1.82, 2.24) is 14.7 Å². The van der Waals surface area contributed by atoms with Crippen LogP contribution in [0.3, 0.4) is 0 Å². The van der Waals surface area contributed by atoms with Crippen LogP contribution < -0.4 is 10.3 Å². The second-order valence-electron chi connectivity index (χ2n) is 6.94. The van der Waals surface area contributed by atoms with Gasteiger partial charge < -0.3 is 9.64 Å². The van der Waals surface area contributed by atoms with Crippen LogP contribution in [-0.2, 0) is 0 Å². The van der Waals surface area contributed by atoms with Gasteiger partial charge in [0.15, 0.2) is 11.4 Å². The average Bonchev–Trinajstić information content (AvgIpc) is 2.62. The van der Waals surface area contributed by atoms with Gasteiger partial charge in [-0.25, -0.2) is 0 Å². The largest absolute Gasteiger partial charge is 0.494 e. The minimum absolute atomic E-state index is 0.136. The first kappa shape index (κ1) is 18.2. The first-order chi connectivity index (χ1) is 12.4. The summed E-state index contributed by atoms with van der Waals surface area (Å²) in [5.74, 6) is 0.0266. The summed E-state index contributed by atoms with van der Waals surface area (Å²) in [4.78, 5) is 27.6. The smallest absolute Gasteiger partial charge is 0.278 e. The van der Waals surface area contributed by atoms with Crippen LogP contribution in [0, 0.1) is 6.92 Å². The van der Waals surface area contributed by atoms with E-state index in [0.29, 0.717) is 5.69 Å². The molecule has 0 saturated carbocycles. The van der Waals surface area contributed by atoms with E-state index in [4.69, 9.17) is 4.74 Å². The predicted octanol–water partition coefficient (Wildman–Crippen LogP) is 2.95. The number of piperidine rings is 1. The molecule has 0 radical (unpaired) electrons. The quantitative estimate of drug-likeness (QED) is 0.849. The molecule has 138 valence electrons. The normalized spacial score (nSPS) is 20.1. The van der Waals surface area contributed by atoms with Crippen LogP contribution in [0.2, 0.25) is 0 Å². The number of carbonyl (C=O) groups is 1. The number of hydrogen-bond acceptors (Lipinski definition) is 4. The van der Waals surface area contributed by atoms with Gasteiger partial charge >= 0.3 is 0 Å². The van der Waals surface area contributed by atoms with Crippen LogP contribution in [0.5, 0.6) is 5.75 Å². The van der Waals surface area contributed by atoms with Crippen molar-refractivity contribution in [2.75, 3.05) is 7.11 Å². The summed E-state index contributed by atoms with van der Waals surface area (Å²) >= 11 is 0. The molecule has 1 aromatic carbocycles. The molecule has 6 nitrogen and oxygen atoms in total. The highest BCUT2D eigenvalue weighted by molar-refractivity contribution is 5.95. The summed E-state index contributed by atoms with van der Waals surface area (Å²) in [6.07, 6.45) is 3.05. The Bertz CT molecular complexity index is 865. The number of rotatable bonds is 3. The molecule has 3 rings (SSSR count). The monoisotopic (exact) mass is 355 g/mol. The molecule has 1 saturated heterocycles. The molecule has 26 heavy (non-hydrogen) atoms. The standard InChI is InChI=1S/C20H25N3O3/c1-13-8-5-6-11-16(13)23-18(24)12-17(26-4)19(21-23)20(25)22-14(2)9-7-10-15(22)3/h5-6,8,11-12,14-15H,7,9-10H2,1-4H3. The van der Waals surface area contributed by atoms with Gasteiger partial charge in [-0.2, -0.15) is 9.78 Å². The summed E-state index contributed by atoms with van der Waals surface area (Å²) in [6, 6.07) is 9.08. The molecular formula is C20H25N3O3. The Balaban J connectivity index is 2.12. The maximum absolute atomic E-state index is 13.2. The fraction of sp³-hybridized carbons (Fsp3) is 0.450. The summed E-state index contributed by atoms with van der Waals surface area (Å²) in [6.45, 7) is 6.01. The zero-order valence-electron chi connectivity index (χ0n) is 15.7. The fourth-order valence-corrected chi connectivity index (χ4v) is 3.66. The van der Waals surface area contributed by atoms with Crippen LogP contribution in [0.1, 0.15) is 49.2 Å². The molecule has 1 fully saturated rings. The third-order valence-electron chi connectivity index (χ3n) is 5.09. The van der Waals surface area contributed by atoms with Crippen molar-refractivity contribution in [3.63, 3.8) is 0 Å². The van der Waals surface area contributed by atoms with E-state index in [9.17, 15) is 9.59 Å². The number of nitrogens with zero attached hydrogens (tertiary/aromatic N) is 3.